The zero-order valence-electron chi connectivity index (χ0n) is 13.7. The van der Waals surface area contributed by atoms with E-state index in [1.54, 1.807) is 6.07 Å². The molecule has 0 spiro atoms. The number of hydrogen-bond donors (Lipinski definition) is 1. The average molecular weight is 323 g/mol. The molecule has 1 N–H and O–H groups in total. The van der Waals surface area contributed by atoms with Crippen LogP contribution in [0.1, 0.15) is 44.2 Å². The summed E-state index contributed by atoms with van der Waals surface area (Å²) >= 11 is 0. The Bertz CT molecular complexity index is 738. The van der Waals surface area contributed by atoms with E-state index in [1.807, 2.05) is 12.3 Å². The molecule has 124 valence electrons. The van der Waals surface area contributed by atoms with Crippen LogP contribution in [-0.4, -0.2) is 9.97 Å². The van der Waals surface area contributed by atoms with Gasteiger partial charge in [-0.2, -0.15) is 0 Å². The summed E-state index contributed by atoms with van der Waals surface area (Å²) in [5, 5.41) is 3.15. The van der Waals surface area contributed by atoms with Gasteiger partial charge in [-0.1, -0.05) is 6.07 Å². The lowest BCUT2D eigenvalue weighted by atomic mass is 9.49. The molecule has 0 atom stereocenters. The summed E-state index contributed by atoms with van der Waals surface area (Å²) in [6.45, 7) is 0. The van der Waals surface area contributed by atoms with Crippen molar-refractivity contribution in [3.05, 3.63) is 48.0 Å². The standard InChI is InChI=1S/C20H22FN3/c21-16-2-1-3-17(9-16)23-19-22-5-4-18(24-19)20-10-13-6-14(11-20)8-15(7-13)12-20/h1-5,9,13-15H,6-8,10-12H2,(H,22,23,24). The highest BCUT2D eigenvalue weighted by molar-refractivity contribution is 5.53. The second-order valence-electron chi connectivity index (χ2n) is 8.10. The van der Waals surface area contributed by atoms with Crippen molar-refractivity contribution in [1.29, 1.82) is 0 Å². The molecule has 6 rings (SSSR count). The lowest BCUT2D eigenvalue weighted by Crippen LogP contribution is -2.49. The zero-order valence-corrected chi connectivity index (χ0v) is 13.7. The summed E-state index contributed by atoms with van der Waals surface area (Å²) in [5.74, 6) is 3.01. The maximum Gasteiger partial charge on any atom is 0.227 e. The van der Waals surface area contributed by atoms with E-state index in [0.717, 1.165) is 17.8 Å². The van der Waals surface area contributed by atoms with Crippen LogP contribution in [0.5, 0.6) is 0 Å². The molecule has 1 aromatic heterocycles. The molecule has 3 nitrogen and oxygen atoms in total. The minimum Gasteiger partial charge on any atom is -0.324 e. The summed E-state index contributed by atoms with van der Waals surface area (Å²) in [7, 11) is 0. The van der Waals surface area contributed by atoms with E-state index in [4.69, 9.17) is 4.98 Å². The van der Waals surface area contributed by atoms with E-state index in [-0.39, 0.29) is 11.2 Å². The lowest BCUT2D eigenvalue weighted by molar-refractivity contribution is -0.00719. The number of benzene rings is 1. The van der Waals surface area contributed by atoms with Gasteiger partial charge in [-0.05, 0) is 80.5 Å². The van der Waals surface area contributed by atoms with Crippen molar-refractivity contribution in [3.63, 3.8) is 0 Å². The third kappa shape index (κ3) is 2.40. The van der Waals surface area contributed by atoms with Crippen LogP contribution in [0.2, 0.25) is 0 Å². The lowest BCUT2D eigenvalue weighted by Gasteiger charge is -2.56. The first-order valence-electron chi connectivity index (χ1n) is 9.05. The summed E-state index contributed by atoms with van der Waals surface area (Å²) in [5.41, 5.74) is 2.14. The number of halogens is 1. The molecule has 4 aliphatic carbocycles. The van der Waals surface area contributed by atoms with Gasteiger partial charge in [0.25, 0.3) is 0 Å². The van der Waals surface area contributed by atoms with Crippen molar-refractivity contribution in [2.75, 3.05) is 5.32 Å². The molecule has 4 bridgehead atoms. The summed E-state index contributed by atoms with van der Waals surface area (Å²) in [4.78, 5) is 9.19. The fourth-order valence-corrected chi connectivity index (χ4v) is 5.83. The topological polar surface area (TPSA) is 37.8 Å². The van der Waals surface area contributed by atoms with Gasteiger partial charge in [-0.3, -0.25) is 0 Å². The summed E-state index contributed by atoms with van der Waals surface area (Å²) in [6, 6.07) is 8.55. The van der Waals surface area contributed by atoms with E-state index >= 15 is 0 Å². The van der Waals surface area contributed by atoms with Crippen LogP contribution in [0.4, 0.5) is 16.0 Å². The number of nitrogens with zero attached hydrogens (tertiary/aromatic N) is 2. The fraction of sp³-hybridized carbons (Fsp3) is 0.500. The molecular formula is C20H22FN3. The SMILES string of the molecule is Fc1cccc(Nc2nccc(C34CC5CC(CC(C5)C3)C4)n2)c1. The average Bonchev–Trinajstić information content (AvgIpc) is 2.54. The molecule has 4 saturated carbocycles. The molecule has 0 saturated heterocycles. The number of hydrogen-bond acceptors (Lipinski definition) is 3. The minimum atomic E-state index is -0.253. The van der Waals surface area contributed by atoms with Gasteiger partial charge in [0.2, 0.25) is 5.95 Å². The molecular weight excluding hydrogens is 301 g/mol. The van der Waals surface area contributed by atoms with Crippen LogP contribution in [0.3, 0.4) is 0 Å². The maximum absolute atomic E-state index is 13.4. The van der Waals surface area contributed by atoms with Crippen LogP contribution in [-0.2, 0) is 5.41 Å². The Morgan fingerprint density at radius 3 is 2.38 bits per heavy atom. The van der Waals surface area contributed by atoms with Crippen LogP contribution in [0, 0.1) is 23.6 Å². The first-order valence-corrected chi connectivity index (χ1v) is 9.05. The third-order valence-electron chi connectivity index (χ3n) is 6.32. The van der Waals surface area contributed by atoms with E-state index in [1.165, 1.54) is 56.4 Å². The van der Waals surface area contributed by atoms with E-state index < -0.39 is 0 Å². The molecule has 0 amide bonds. The van der Waals surface area contributed by atoms with Gasteiger partial charge < -0.3 is 5.32 Å². The van der Waals surface area contributed by atoms with Gasteiger partial charge in [0.15, 0.2) is 0 Å². The smallest absolute Gasteiger partial charge is 0.227 e. The summed E-state index contributed by atoms with van der Waals surface area (Å²) < 4.78 is 13.4. The highest BCUT2D eigenvalue weighted by atomic mass is 19.1. The van der Waals surface area contributed by atoms with Crippen LogP contribution in [0.25, 0.3) is 0 Å². The molecule has 1 heterocycles. The Labute approximate surface area is 141 Å². The molecule has 0 aliphatic heterocycles. The predicted octanol–water partition coefficient (Wildman–Crippen LogP) is 4.83. The molecule has 4 fully saturated rings. The Morgan fingerprint density at radius 2 is 1.71 bits per heavy atom. The molecule has 4 heteroatoms. The van der Waals surface area contributed by atoms with E-state index in [0.29, 0.717) is 11.6 Å². The van der Waals surface area contributed by atoms with Crippen molar-refractivity contribution in [3.8, 4) is 0 Å². The Balaban J connectivity index is 1.45. The molecule has 2 aromatic rings. The van der Waals surface area contributed by atoms with Crippen molar-refractivity contribution >= 4 is 11.6 Å². The minimum absolute atomic E-state index is 0.253. The van der Waals surface area contributed by atoms with E-state index in [2.05, 4.69) is 16.4 Å². The van der Waals surface area contributed by atoms with Gasteiger partial charge in [-0.15, -0.1) is 0 Å². The highest BCUT2D eigenvalue weighted by Gasteiger charge is 2.52. The van der Waals surface area contributed by atoms with Gasteiger partial charge in [0.05, 0.1) is 5.69 Å². The molecule has 4 aliphatic rings. The van der Waals surface area contributed by atoms with Crippen LogP contribution < -0.4 is 5.32 Å². The van der Waals surface area contributed by atoms with Gasteiger partial charge in [0, 0.05) is 17.3 Å². The second-order valence-corrected chi connectivity index (χ2v) is 8.10. The monoisotopic (exact) mass is 323 g/mol. The van der Waals surface area contributed by atoms with Crippen LogP contribution >= 0.6 is 0 Å². The van der Waals surface area contributed by atoms with Crippen molar-refractivity contribution < 1.29 is 4.39 Å². The molecule has 24 heavy (non-hydrogen) atoms. The third-order valence-corrected chi connectivity index (χ3v) is 6.32. The predicted molar refractivity (Wildman–Crippen MR) is 91.6 cm³/mol. The summed E-state index contributed by atoms with van der Waals surface area (Å²) in [6.07, 6.45) is 10.00. The normalized spacial score (nSPS) is 33.6. The maximum atomic E-state index is 13.4. The second kappa shape index (κ2) is 5.27. The van der Waals surface area contributed by atoms with Gasteiger partial charge in [0.1, 0.15) is 5.82 Å². The fourth-order valence-electron chi connectivity index (χ4n) is 5.83. The molecule has 1 aromatic carbocycles. The van der Waals surface area contributed by atoms with Crippen molar-refractivity contribution in [2.45, 2.75) is 43.9 Å². The van der Waals surface area contributed by atoms with Crippen molar-refractivity contribution in [2.24, 2.45) is 17.8 Å². The quantitative estimate of drug-likeness (QED) is 0.879. The van der Waals surface area contributed by atoms with Gasteiger partial charge >= 0.3 is 0 Å². The molecule has 0 radical (unpaired) electrons. The largest absolute Gasteiger partial charge is 0.324 e. The van der Waals surface area contributed by atoms with Crippen LogP contribution in [0.15, 0.2) is 36.5 Å². The number of nitrogens with one attached hydrogen (secondary N) is 1. The van der Waals surface area contributed by atoms with Crippen molar-refractivity contribution in [1.82, 2.24) is 9.97 Å². The highest BCUT2D eigenvalue weighted by Crippen LogP contribution is 2.60. The molecule has 0 unspecified atom stereocenters. The Morgan fingerprint density at radius 1 is 1.00 bits per heavy atom. The van der Waals surface area contributed by atoms with E-state index in [9.17, 15) is 4.39 Å². The Hall–Kier alpha value is -1.97. The zero-order chi connectivity index (χ0) is 16.1. The first-order chi connectivity index (χ1) is 11.7. The van der Waals surface area contributed by atoms with Gasteiger partial charge in [-0.25, -0.2) is 14.4 Å². The first kappa shape index (κ1) is 14.4. The number of anilines is 2. The Kier molecular flexibility index (Phi) is 3.15. The number of aromatic nitrogens is 2. The number of rotatable bonds is 3.